The molecule has 1 heterocycles. The molecule has 34 heavy (non-hydrogen) atoms. The molecule has 0 spiro atoms. The lowest BCUT2D eigenvalue weighted by Gasteiger charge is -2.27. The van der Waals surface area contributed by atoms with Crippen LogP contribution in [0, 0.1) is 25.6 Å². The largest absolute Gasteiger partial charge is 0.508 e. The molecule has 1 aliphatic rings. The van der Waals surface area contributed by atoms with E-state index in [2.05, 4.69) is 5.32 Å². The highest BCUT2D eigenvalue weighted by Crippen LogP contribution is 2.32. The maximum Gasteiger partial charge on any atom is 0.306 e. The van der Waals surface area contributed by atoms with Crippen molar-refractivity contribution in [2.75, 3.05) is 0 Å². The first kappa shape index (κ1) is 24.0. The Bertz CT molecular complexity index is 1190. The number of carboxylic acid groups (broad SMARTS) is 1. The first-order chi connectivity index (χ1) is 16.2. The molecule has 0 unspecified atom stereocenters. The summed E-state index contributed by atoms with van der Waals surface area (Å²) in [4.78, 5) is 26.4. The van der Waals surface area contributed by atoms with E-state index in [0.717, 1.165) is 32.5 Å². The molecule has 0 atom stereocenters. The zero-order valence-electron chi connectivity index (χ0n) is 19.2. The Morgan fingerprint density at radius 3 is 2.29 bits per heavy atom. The number of aliphatic carboxylic acids is 1. The van der Waals surface area contributed by atoms with Crippen molar-refractivity contribution in [2.45, 2.75) is 52.0 Å². The molecular formula is C27H28FNO4S. The lowest BCUT2D eigenvalue weighted by atomic mass is 9.86. The molecule has 1 aromatic heterocycles. The molecule has 1 amide bonds. The van der Waals surface area contributed by atoms with E-state index in [1.165, 1.54) is 12.1 Å². The second-order valence-electron chi connectivity index (χ2n) is 9.00. The summed E-state index contributed by atoms with van der Waals surface area (Å²) in [6, 6.07) is 11.7. The Balaban J connectivity index is 1.49. The molecule has 0 aliphatic heterocycles. The number of aromatic hydroxyl groups is 1. The molecule has 0 saturated heterocycles. The molecule has 0 radical (unpaired) electrons. The number of aryl methyl sites for hydroxylation is 2. The lowest BCUT2D eigenvalue weighted by Crippen LogP contribution is -2.39. The minimum absolute atomic E-state index is 0.00229. The van der Waals surface area contributed by atoms with Gasteiger partial charge < -0.3 is 15.5 Å². The van der Waals surface area contributed by atoms with Gasteiger partial charge in [0.1, 0.15) is 11.6 Å². The van der Waals surface area contributed by atoms with Crippen LogP contribution in [0.2, 0.25) is 0 Å². The monoisotopic (exact) mass is 481 g/mol. The number of phenols is 1. The number of amides is 1. The lowest BCUT2D eigenvalue weighted by molar-refractivity contribution is -0.142. The number of carboxylic acids is 1. The number of halogens is 1. The molecule has 2 aromatic carbocycles. The van der Waals surface area contributed by atoms with Gasteiger partial charge in [-0.3, -0.25) is 9.59 Å². The van der Waals surface area contributed by atoms with E-state index in [9.17, 15) is 24.2 Å². The third-order valence-corrected chi connectivity index (χ3v) is 7.64. The van der Waals surface area contributed by atoms with Crippen molar-refractivity contribution < 1.29 is 24.2 Å². The molecule has 7 heteroatoms. The average Bonchev–Trinajstić information content (AvgIpc) is 3.06. The number of rotatable bonds is 6. The molecule has 4 rings (SSSR count). The first-order valence-electron chi connectivity index (χ1n) is 11.4. The van der Waals surface area contributed by atoms with Gasteiger partial charge in [0.05, 0.1) is 11.5 Å². The fraction of sp³-hybridized carbons (Fsp3) is 0.333. The highest BCUT2D eigenvalue weighted by molar-refractivity contribution is 7.12. The summed E-state index contributed by atoms with van der Waals surface area (Å²) in [5.74, 6) is -1.77. The highest BCUT2D eigenvalue weighted by Gasteiger charge is 2.28. The Morgan fingerprint density at radius 2 is 1.68 bits per heavy atom. The van der Waals surface area contributed by atoms with Crippen molar-refractivity contribution in [3.8, 4) is 16.9 Å². The Labute approximate surface area is 202 Å². The van der Waals surface area contributed by atoms with Gasteiger partial charge in [0.25, 0.3) is 5.91 Å². The summed E-state index contributed by atoms with van der Waals surface area (Å²) in [6.07, 6.45) is 3.13. The summed E-state index contributed by atoms with van der Waals surface area (Å²) in [5.41, 5.74) is 4.13. The van der Waals surface area contributed by atoms with Crippen LogP contribution in [0.3, 0.4) is 0 Å². The van der Waals surface area contributed by atoms with Gasteiger partial charge in [-0.15, -0.1) is 11.3 Å². The van der Waals surface area contributed by atoms with Gasteiger partial charge in [-0.1, -0.05) is 24.3 Å². The van der Waals surface area contributed by atoms with Gasteiger partial charge >= 0.3 is 5.97 Å². The second-order valence-corrected chi connectivity index (χ2v) is 10.4. The Hall–Kier alpha value is -3.19. The van der Waals surface area contributed by atoms with Crippen LogP contribution < -0.4 is 5.32 Å². The van der Waals surface area contributed by atoms with E-state index < -0.39 is 11.8 Å². The average molecular weight is 482 g/mol. The molecule has 3 aromatic rings. The number of carbonyl (C=O) groups excluding carboxylic acids is 1. The summed E-state index contributed by atoms with van der Waals surface area (Å²) in [6.45, 7) is 3.97. The molecule has 0 bridgehead atoms. The Kier molecular flexibility index (Phi) is 7.03. The van der Waals surface area contributed by atoms with E-state index in [1.807, 2.05) is 38.1 Å². The number of benzene rings is 2. The van der Waals surface area contributed by atoms with E-state index in [0.29, 0.717) is 43.2 Å². The van der Waals surface area contributed by atoms with E-state index in [-0.39, 0.29) is 23.6 Å². The minimum Gasteiger partial charge on any atom is -0.508 e. The topological polar surface area (TPSA) is 86.6 Å². The molecule has 1 aliphatic carbocycles. The van der Waals surface area contributed by atoms with Crippen LogP contribution in [-0.2, 0) is 11.2 Å². The van der Waals surface area contributed by atoms with Crippen molar-refractivity contribution >= 4 is 23.2 Å². The fourth-order valence-electron chi connectivity index (χ4n) is 4.74. The predicted molar refractivity (Wildman–Crippen MR) is 131 cm³/mol. The van der Waals surface area contributed by atoms with Crippen LogP contribution in [0.1, 0.15) is 56.9 Å². The summed E-state index contributed by atoms with van der Waals surface area (Å²) >= 11 is 1.60. The van der Waals surface area contributed by atoms with Crippen molar-refractivity contribution in [2.24, 2.45) is 5.92 Å². The zero-order valence-corrected chi connectivity index (χ0v) is 20.0. The number of hydrogen-bond acceptors (Lipinski definition) is 4. The third kappa shape index (κ3) is 5.30. The third-order valence-electron chi connectivity index (χ3n) is 6.57. The van der Waals surface area contributed by atoms with Crippen LogP contribution in [0.25, 0.3) is 11.1 Å². The van der Waals surface area contributed by atoms with Gasteiger partial charge in [-0.05, 0) is 80.3 Å². The van der Waals surface area contributed by atoms with Gasteiger partial charge in [0, 0.05) is 21.9 Å². The van der Waals surface area contributed by atoms with Crippen LogP contribution in [-0.4, -0.2) is 28.1 Å². The van der Waals surface area contributed by atoms with E-state index in [4.69, 9.17) is 0 Å². The first-order valence-corrected chi connectivity index (χ1v) is 12.2. The SMILES string of the molecule is Cc1sc(C)c(C(=O)NC2CCC(C(=O)O)CC2)c1Cc1ccc(-c2cc(O)cc(F)c2)cc1. The van der Waals surface area contributed by atoms with Crippen molar-refractivity contribution in [1.82, 2.24) is 5.32 Å². The summed E-state index contributed by atoms with van der Waals surface area (Å²) in [7, 11) is 0. The number of phenolic OH excluding ortho intramolecular Hbond substituents is 1. The molecule has 1 fully saturated rings. The van der Waals surface area contributed by atoms with Crippen LogP contribution >= 0.6 is 11.3 Å². The quantitative estimate of drug-likeness (QED) is 0.413. The number of thiophene rings is 1. The fourth-order valence-corrected chi connectivity index (χ4v) is 5.82. The van der Waals surface area contributed by atoms with Crippen LogP contribution in [0.4, 0.5) is 4.39 Å². The van der Waals surface area contributed by atoms with Gasteiger partial charge in [-0.2, -0.15) is 0 Å². The van der Waals surface area contributed by atoms with Crippen molar-refractivity contribution in [1.29, 1.82) is 0 Å². The standard InChI is InChI=1S/C27H28FNO4S/c1-15-24(11-17-3-5-18(6-4-17)20-12-21(28)14-23(30)13-20)25(16(2)34-15)26(31)29-22-9-7-19(8-10-22)27(32)33/h3-6,12-14,19,22,30H,7-11H2,1-2H3,(H,29,31)(H,32,33). The second kappa shape index (κ2) is 9.97. The maximum absolute atomic E-state index is 13.6. The molecule has 3 N–H and O–H groups in total. The Morgan fingerprint density at radius 1 is 1.00 bits per heavy atom. The summed E-state index contributed by atoms with van der Waals surface area (Å²) < 4.78 is 13.6. The van der Waals surface area contributed by atoms with Gasteiger partial charge in [0.2, 0.25) is 0 Å². The van der Waals surface area contributed by atoms with Gasteiger partial charge in [-0.25, -0.2) is 4.39 Å². The van der Waals surface area contributed by atoms with Crippen LogP contribution in [0.15, 0.2) is 42.5 Å². The maximum atomic E-state index is 13.6. The van der Waals surface area contributed by atoms with Crippen molar-refractivity contribution in [3.05, 3.63) is 74.7 Å². The van der Waals surface area contributed by atoms with E-state index >= 15 is 0 Å². The van der Waals surface area contributed by atoms with Crippen molar-refractivity contribution in [3.63, 3.8) is 0 Å². The number of carbonyl (C=O) groups is 2. The van der Waals surface area contributed by atoms with Crippen LogP contribution in [0.5, 0.6) is 5.75 Å². The molecule has 178 valence electrons. The highest BCUT2D eigenvalue weighted by atomic mass is 32.1. The minimum atomic E-state index is -0.753. The zero-order chi connectivity index (χ0) is 24.4. The molecule has 1 saturated carbocycles. The van der Waals surface area contributed by atoms with Gasteiger partial charge in [0.15, 0.2) is 0 Å². The predicted octanol–water partition coefficient (Wildman–Crippen LogP) is 5.84. The normalized spacial score (nSPS) is 18.0. The molecule has 5 nitrogen and oxygen atoms in total. The smallest absolute Gasteiger partial charge is 0.306 e. The van der Waals surface area contributed by atoms with E-state index in [1.54, 1.807) is 11.3 Å². The number of hydrogen-bond donors (Lipinski definition) is 3. The molecular weight excluding hydrogens is 453 g/mol. The number of nitrogens with one attached hydrogen (secondary N) is 1. The summed E-state index contributed by atoms with van der Waals surface area (Å²) in [5, 5.41) is 22.0.